The lowest BCUT2D eigenvalue weighted by atomic mass is 10.1. The molecule has 0 atom stereocenters. The first-order valence-corrected chi connectivity index (χ1v) is 11.6. The number of amides is 2. The van der Waals surface area contributed by atoms with E-state index >= 15 is 0 Å². The van der Waals surface area contributed by atoms with Gasteiger partial charge < -0.3 is 24.8 Å². The zero-order chi connectivity index (χ0) is 23.7. The second kappa shape index (κ2) is 11.6. The fraction of sp³-hybridized carbons (Fsp3) is 0.429. The van der Waals surface area contributed by atoms with Crippen molar-refractivity contribution in [3.63, 3.8) is 0 Å². The van der Waals surface area contributed by atoms with Crippen molar-refractivity contribution in [1.82, 2.24) is 5.32 Å². The highest BCUT2D eigenvalue weighted by Gasteiger charge is 2.23. The van der Waals surface area contributed by atoms with E-state index in [-0.39, 0.29) is 25.1 Å². The highest BCUT2D eigenvalue weighted by Crippen LogP contribution is 2.38. The molecule has 0 aliphatic carbocycles. The van der Waals surface area contributed by atoms with Gasteiger partial charge in [-0.2, -0.15) is 0 Å². The molecule has 9 nitrogen and oxygen atoms in total. The van der Waals surface area contributed by atoms with Gasteiger partial charge in [-0.3, -0.25) is 9.59 Å². The van der Waals surface area contributed by atoms with Crippen molar-refractivity contribution in [2.24, 2.45) is 0 Å². The minimum absolute atomic E-state index is 0.0114. The number of hydrogen-bond donors (Lipinski definition) is 2. The zero-order valence-electron chi connectivity index (χ0n) is 18.3. The molecule has 2 aromatic rings. The van der Waals surface area contributed by atoms with Gasteiger partial charge in [0.2, 0.25) is 0 Å². The predicted molar refractivity (Wildman–Crippen MR) is 122 cm³/mol. The molecule has 174 valence electrons. The number of rotatable bonds is 9. The Morgan fingerprint density at radius 2 is 1.84 bits per heavy atom. The maximum Gasteiger partial charge on any atom is 0.407 e. The average molecular weight is 483 g/mol. The number of alkyl carbamates (subject to hydrolysis) is 1. The summed E-state index contributed by atoms with van der Waals surface area (Å²) < 4.78 is 15.1. The monoisotopic (exact) mass is 482 g/mol. The number of hydrogen-bond acceptors (Lipinski definition) is 9. The van der Waals surface area contributed by atoms with Crippen LogP contribution in [0.2, 0.25) is 0 Å². The molecule has 0 radical (unpaired) electrons. The van der Waals surface area contributed by atoms with E-state index in [1.54, 1.807) is 33.1 Å². The van der Waals surface area contributed by atoms with E-state index in [2.05, 4.69) is 10.6 Å². The minimum Gasteiger partial charge on any atom is -0.462 e. The highest BCUT2D eigenvalue weighted by molar-refractivity contribution is 7.17. The van der Waals surface area contributed by atoms with Gasteiger partial charge in [0, 0.05) is 22.4 Å². The van der Waals surface area contributed by atoms with Crippen LogP contribution in [-0.2, 0) is 23.8 Å². The summed E-state index contributed by atoms with van der Waals surface area (Å²) in [4.78, 5) is 49.0. The molecule has 0 aliphatic heterocycles. The number of carbonyl (C=O) groups excluding carboxylic acids is 4. The topological polar surface area (TPSA) is 120 Å². The predicted octanol–water partition coefficient (Wildman–Crippen LogP) is 4.05. The lowest BCUT2D eigenvalue weighted by Crippen LogP contribution is -2.34. The molecule has 2 N–H and O–H groups in total. The van der Waals surface area contributed by atoms with E-state index in [0.29, 0.717) is 10.6 Å². The third-order valence-corrected chi connectivity index (χ3v) is 5.47. The second-order valence-electron chi connectivity index (χ2n) is 7.44. The van der Waals surface area contributed by atoms with E-state index < -0.39 is 36.1 Å². The Bertz CT molecular complexity index is 946. The molecule has 0 saturated carbocycles. The van der Waals surface area contributed by atoms with Crippen LogP contribution in [0.5, 0.6) is 0 Å². The normalized spacial score (nSPS) is 10.9. The van der Waals surface area contributed by atoms with E-state index in [0.717, 1.165) is 4.88 Å². The van der Waals surface area contributed by atoms with Gasteiger partial charge in [-0.25, -0.2) is 9.59 Å². The van der Waals surface area contributed by atoms with Crippen molar-refractivity contribution < 1.29 is 33.4 Å². The molecule has 2 amide bonds. The van der Waals surface area contributed by atoms with Crippen molar-refractivity contribution in [1.29, 1.82) is 0 Å². The largest absolute Gasteiger partial charge is 0.462 e. The Labute approximate surface area is 194 Å². The number of esters is 2. The average Bonchev–Trinajstić information content (AvgIpc) is 3.34. The quantitative estimate of drug-likeness (QED) is 0.409. The van der Waals surface area contributed by atoms with Crippen LogP contribution in [0.3, 0.4) is 0 Å². The first-order valence-electron chi connectivity index (χ1n) is 9.85. The Balaban J connectivity index is 1.88. The van der Waals surface area contributed by atoms with Crippen LogP contribution in [-0.4, -0.2) is 49.3 Å². The van der Waals surface area contributed by atoms with Crippen LogP contribution in [0.15, 0.2) is 22.9 Å². The van der Waals surface area contributed by atoms with Crippen LogP contribution in [0.25, 0.3) is 10.4 Å². The van der Waals surface area contributed by atoms with Gasteiger partial charge in [-0.05, 0) is 39.1 Å². The Morgan fingerprint density at radius 1 is 1.09 bits per heavy atom. The van der Waals surface area contributed by atoms with Gasteiger partial charge in [-0.15, -0.1) is 22.7 Å². The summed E-state index contributed by atoms with van der Waals surface area (Å²) in [5.74, 6) is -1.80. The number of anilines is 1. The van der Waals surface area contributed by atoms with E-state index in [4.69, 9.17) is 14.2 Å². The highest BCUT2D eigenvalue weighted by atomic mass is 32.1. The van der Waals surface area contributed by atoms with Crippen molar-refractivity contribution >= 4 is 51.6 Å². The molecule has 0 spiro atoms. The van der Waals surface area contributed by atoms with Gasteiger partial charge in [0.1, 0.15) is 16.2 Å². The molecule has 0 bridgehead atoms. The van der Waals surface area contributed by atoms with Crippen LogP contribution < -0.4 is 10.6 Å². The summed E-state index contributed by atoms with van der Waals surface area (Å²) in [7, 11) is 0. The van der Waals surface area contributed by atoms with Crippen molar-refractivity contribution in [2.45, 2.75) is 39.7 Å². The van der Waals surface area contributed by atoms with E-state index in [1.807, 2.05) is 17.5 Å². The molecule has 2 aromatic heterocycles. The SMILES string of the molecule is CCOC(=O)c1c(-c2cccs2)csc1NC(=O)COC(=O)CCNC(=O)OC(C)(C)C. The van der Waals surface area contributed by atoms with Gasteiger partial charge in [0.15, 0.2) is 6.61 Å². The summed E-state index contributed by atoms with van der Waals surface area (Å²) >= 11 is 2.65. The molecule has 0 fully saturated rings. The third kappa shape index (κ3) is 7.97. The minimum atomic E-state index is -0.660. The number of nitrogens with one attached hydrogen (secondary N) is 2. The van der Waals surface area contributed by atoms with Gasteiger partial charge in [-0.1, -0.05) is 6.07 Å². The molecular formula is C21H26N2O7S2. The zero-order valence-corrected chi connectivity index (χ0v) is 19.9. The number of thiophene rings is 2. The van der Waals surface area contributed by atoms with Gasteiger partial charge in [0.05, 0.1) is 13.0 Å². The maximum atomic E-state index is 12.5. The van der Waals surface area contributed by atoms with E-state index in [9.17, 15) is 19.2 Å². The molecule has 0 aromatic carbocycles. The van der Waals surface area contributed by atoms with Crippen molar-refractivity contribution in [3.8, 4) is 10.4 Å². The third-order valence-electron chi connectivity index (χ3n) is 3.67. The fourth-order valence-electron chi connectivity index (χ4n) is 2.43. The Kier molecular flexibility index (Phi) is 9.21. The molecule has 2 rings (SSSR count). The van der Waals surface area contributed by atoms with Crippen molar-refractivity contribution in [2.75, 3.05) is 25.1 Å². The summed E-state index contributed by atoms with van der Waals surface area (Å²) in [5, 5.41) is 9.01. The van der Waals surface area contributed by atoms with Crippen LogP contribution >= 0.6 is 22.7 Å². The molecular weight excluding hydrogens is 456 g/mol. The Hall–Kier alpha value is -2.92. The standard InChI is InChI=1S/C21H26N2O7S2/c1-5-28-19(26)17-13(14-7-6-10-31-14)12-32-18(17)23-15(24)11-29-16(25)8-9-22-20(27)30-21(2,3)4/h6-7,10,12H,5,8-9,11H2,1-4H3,(H,22,27)(H,23,24). The maximum absolute atomic E-state index is 12.5. The molecule has 32 heavy (non-hydrogen) atoms. The van der Waals surface area contributed by atoms with E-state index in [1.165, 1.54) is 22.7 Å². The molecule has 2 heterocycles. The smallest absolute Gasteiger partial charge is 0.407 e. The lowest BCUT2D eigenvalue weighted by Gasteiger charge is -2.19. The summed E-state index contributed by atoms with van der Waals surface area (Å²) in [6, 6.07) is 3.73. The first kappa shape index (κ1) is 25.3. The Morgan fingerprint density at radius 3 is 2.47 bits per heavy atom. The second-order valence-corrected chi connectivity index (χ2v) is 9.27. The summed E-state index contributed by atoms with van der Waals surface area (Å²) in [6.45, 7) is 6.56. The van der Waals surface area contributed by atoms with Gasteiger partial charge in [0.25, 0.3) is 5.91 Å². The summed E-state index contributed by atoms with van der Waals surface area (Å²) in [5.41, 5.74) is 0.292. The van der Waals surface area contributed by atoms with Gasteiger partial charge >= 0.3 is 18.0 Å². The van der Waals surface area contributed by atoms with Crippen LogP contribution in [0.4, 0.5) is 9.80 Å². The first-order chi connectivity index (χ1) is 15.1. The molecule has 0 aliphatic rings. The summed E-state index contributed by atoms with van der Waals surface area (Å²) in [6.07, 6.45) is -0.768. The van der Waals surface area contributed by atoms with Crippen LogP contribution in [0, 0.1) is 0 Å². The van der Waals surface area contributed by atoms with Crippen molar-refractivity contribution in [3.05, 3.63) is 28.5 Å². The fourth-order valence-corrected chi connectivity index (χ4v) is 4.22. The molecule has 0 saturated heterocycles. The molecule has 0 unspecified atom stereocenters. The molecule has 11 heteroatoms. The lowest BCUT2D eigenvalue weighted by molar-refractivity contribution is -0.147. The van der Waals surface area contributed by atoms with Crippen LogP contribution in [0.1, 0.15) is 44.5 Å². The number of ether oxygens (including phenoxy) is 3. The number of carbonyl (C=O) groups is 4.